The standard InChI is InChI=1S/C30H22Cl2N2O5/c1-2-38-26-16-18(14-24-28(35)33-30(37)34(29(24)36)22-12-10-21(31)11-13-22)15-25(32)27(26)39-17-20-8-5-7-19-6-3-4-9-23(19)20/h3-16H,2,17H2,1H3,(H,33,35,37)/b24-14-. The van der Waals surface area contributed by atoms with Gasteiger partial charge in [0.1, 0.15) is 12.2 Å². The van der Waals surface area contributed by atoms with Crippen molar-refractivity contribution in [1.29, 1.82) is 0 Å². The number of halogens is 2. The first kappa shape index (κ1) is 26.3. The Balaban J connectivity index is 1.46. The lowest BCUT2D eigenvalue weighted by molar-refractivity contribution is -0.122. The third-order valence-corrected chi connectivity index (χ3v) is 6.61. The molecule has 7 nitrogen and oxygen atoms in total. The predicted octanol–water partition coefficient (Wildman–Crippen LogP) is 6.79. The van der Waals surface area contributed by atoms with Gasteiger partial charge in [0.2, 0.25) is 0 Å². The average molecular weight is 561 g/mol. The van der Waals surface area contributed by atoms with Crippen molar-refractivity contribution in [1.82, 2.24) is 5.32 Å². The lowest BCUT2D eigenvalue weighted by Crippen LogP contribution is -2.54. The van der Waals surface area contributed by atoms with E-state index in [0.717, 1.165) is 21.2 Å². The minimum absolute atomic E-state index is 0.238. The summed E-state index contributed by atoms with van der Waals surface area (Å²) in [6, 6.07) is 22.4. The van der Waals surface area contributed by atoms with Crippen LogP contribution in [0.2, 0.25) is 10.0 Å². The molecule has 4 aromatic carbocycles. The molecular formula is C30H22Cl2N2O5. The third-order valence-electron chi connectivity index (χ3n) is 6.08. The Morgan fingerprint density at radius 2 is 1.64 bits per heavy atom. The van der Waals surface area contributed by atoms with Gasteiger partial charge in [0.25, 0.3) is 11.8 Å². The highest BCUT2D eigenvalue weighted by atomic mass is 35.5. The Kier molecular flexibility index (Phi) is 7.54. The Morgan fingerprint density at radius 1 is 0.897 bits per heavy atom. The fourth-order valence-electron chi connectivity index (χ4n) is 4.29. The summed E-state index contributed by atoms with van der Waals surface area (Å²) in [6.45, 7) is 2.40. The Hall–Kier alpha value is -4.33. The van der Waals surface area contributed by atoms with E-state index in [2.05, 4.69) is 5.32 Å². The van der Waals surface area contributed by atoms with Crippen molar-refractivity contribution in [2.24, 2.45) is 0 Å². The van der Waals surface area contributed by atoms with E-state index >= 15 is 0 Å². The number of barbiturate groups is 1. The summed E-state index contributed by atoms with van der Waals surface area (Å²) in [5.74, 6) is -0.908. The second-order valence-electron chi connectivity index (χ2n) is 8.62. The number of nitrogens with one attached hydrogen (secondary N) is 1. The van der Waals surface area contributed by atoms with E-state index in [1.165, 1.54) is 18.2 Å². The second kappa shape index (κ2) is 11.2. The topological polar surface area (TPSA) is 84.9 Å². The SMILES string of the molecule is CCOc1cc(/C=C2/C(=O)NC(=O)N(c3ccc(Cl)cc3)C2=O)cc(Cl)c1OCc1cccc2ccccc12. The van der Waals surface area contributed by atoms with Crippen molar-refractivity contribution in [2.45, 2.75) is 13.5 Å². The molecule has 196 valence electrons. The molecule has 1 fully saturated rings. The van der Waals surface area contributed by atoms with Crippen LogP contribution in [0.1, 0.15) is 18.1 Å². The van der Waals surface area contributed by atoms with Crippen LogP contribution in [-0.4, -0.2) is 24.5 Å². The molecule has 1 heterocycles. The number of amides is 4. The number of anilines is 1. The molecule has 39 heavy (non-hydrogen) atoms. The molecular weight excluding hydrogens is 539 g/mol. The fourth-order valence-corrected chi connectivity index (χ4v) is 4.69. The van der Waals surface area contributed by atoms with Crippen LogP contribution in [0.3, 0.4) is 0 Å². The fraction of sp³-hybridized carbons (Fsp3) is 0.100. The van der Waals surface area contributed by atoms with E-state index in [4.69, 9.17) is 32.7 Å². The number of rotatable bonds is 7. The van der Waals surface area contributed by atoms with Crippen LogP contribution in [0.15, 0.2) is 84.4 Å². The Morgan fingerprint density at radius 3 is 2.41 bits per heavy atom. The molecule has 1 aliphatic heterocycles. The Bertz CT molecular complexity index is 1630. The van der Waals surface area contributed by atoms with E-state index in [0.29, 0.717) is 28.7 Å². The van der Waals surface area contributed by atoms with Crippen LogP contribution in [0.4, 0.5) is 10.5 Å². The number of benzene rings is 4. The summed E-state index contributed by atoms with van der Waals surface area (Å²) in [7, 11) is 0. The molecule has 1 aliphatic rings. The zero-order chi connectivity index (χ0) is 27.5. The van der Waals surface area contributed by atoms with Crippen molar-refractivity contribution in [3.63, 3.8) is 0 Å². The maximum Gasteiger partial charge on any atom is 0.335 e. The molecule has 9 heteroatoms. The maximum absolute atomic E-state index is 13.2. The lowest BCUT2D eigenvalue weighted by Gasteiger charge is -2.26. The van der Waals surface area contributed by atoms with Gasteiger partial charge < -0.3 is 9.47 Å². The van der Waals surface area contributed by atoms with E-state index in [1.54, 1.807) is 24.3 Å². The zero-order valence-corrected chi connectivity index (χ0v) is 22.3. The summed E-state index contributed by atoms with van der Waals surface area (Å²) in [6.07, 6.45) is 1.36. The molecule has 1 saturated heterocycles. The number of carbonyl (C=O) groups is 3. The van der Waals surface area contributed by atoms with Crippen molar-refractivity contribution < 1.29 is 23.9 Å². The van der Waals surface area contributed by atoms with E-state index in [9.17, 15) is 14.4 Å². The van der Waals surface area contributed by atoms with Gasteiger partial charge in [-0.15, -0.1) is 0 Å². The normalized spacial score (nSPS) is 14.6. The minimum atomic E-state index is -0.852. The van der Waals surface area contributed by atoms with Gasteiger partial charge in [0.05, 0.1) is 17.3 Å². The Labute approximate surface area is 234 Å². The second-order valence-corrected chi connectivity index (χ2v) is 9.47. The van der Waals surface area contributed by atoms with E-state index in [-0.39, 0.29) is 22.9 Å². The van der Waals surface area contributed by atoms with Crippen LogP contribution in [0.5, 0.6) is 11.5 Å². The van der Waals surface area contributed by atoms with Crippen molar-refractivity contribution in [3.8, 4) is 11.5 Å². The number of hydrogen-bond donors (Lipinski definition) is 1. The summed E-state index contributed by atoms with van der Waals surface area (Å²) < 4.78 is 11.9. The highest BCUT2D eigenvalue weighted by Crippen LogP contribution is 2.38. The number of ether oxygens (including phenoxy) is 2. The first-order valence-electron chi connectivity index (χ1n) is 12.1. The van der Waals surface area contributed by atoms with Gasteiger partial charge in [-0.1, -0.05) is 65.7 Å². The van der Waals surface area contributed by atoms with Crippen molar-refractivity contribution in [2.75, 3.05) is 11.5 Å². The van der Waals surface area contributed by atoms with E-state index in [1.807, 2.05) is 49.4 Å². The van der Waals surface area contributed by atoms with E-state index < -0.39 is 17.8 Å². The van der Waals surface area contributed by atoms with Gasteiger partial charge in [0.15, 0.2) is 11.5 Å². The van der Waals surface area contributed by atoms with Gasteiger partial charge in [-0.3, -0.25) is 14.9 Å². The molecule has 4 amide bonds. The van der Waals surface area contributed by atoms with Crippen LogP contribution >= 0.6 is 23.2 Å². The summed E-state index contributed by atoms with van der Waals surface area (Å²) in [5, 5.41) is 5.04. The largest absolute Gasteiger partial charge is 0.490 e. The highest BCUT2D eigenvalue weighted by Gasteiger charge is 2.36. The van der Waals surface area contributed by atoms with Crippen molar-refractivity contribution in [3.05, 3.63) is 106 Å². The van der Waals surface area contributed by atoms with Gasteiger partial charge in [-0.2, -0.15) is 0 Å². The predicted molar refractivity (Wildman–Crippen MR) is 151 cm³/mol. The van der Waals surface area contributed by atoms with Gasteiger partial charge in [0, 0.05) is 5.02 Å². The van der Waals surface area contributed by atoms with Crippen LogP contribution in [-0.2, 0) is 16.2 Å². The molecule has 5 rings (SSSR count). The number of hydrogen-bond acceptors (Lipinski definition) is 5. The molecule has 0 saturated carbocycles. The van der Waals surface area contributed by atoms with Crippen LogP contribution < -0.4 is 19.7 Å². The summed E-state index contributed by atoms with van der Waals surface area (Å²) >= 11 is 12.5. The molecule has 4 aromatic rings. The maximum atomic E-state index is 13.2. The summed E-state index contributed by atoms with van der Waals surface area (Å²) in [4.78, 5) is 39.2. The average Bonchev–Trinajstić information content (AvgIpc) is 2.92. The monoisotopic (exact) mass is 560 g/mol. The third kappa shape index (κ3) is 5.46. The quantitative estimate of drug-likeness (QED) is 0.198. The first-order chi connectivity index (χ1) is 18.9. The molecule has 1 N–H and O–H groups in total. The minimum Gasteiger partial charge on any atom is -0.490 e. The molecule has 0 spiro atoms. The number of urea groups is 1. The van der Waals surface area contributed by atoms with Gasteiger partial charge in [-0.25, -0.2) is 9.69 Å². The number of carbonyl (C=O) groups excluding carboxylic acids is 3. The smallest absolute Gasteiger partial charge is 0.335 e. The highest BCUT2D eigenvalue weighted by molar-refractivity contribution is 6.39. The molecule has 0 aliphatic carbocycles. The van der Waals surface area contributed by atoms with Crippen molar-refractivity contribution >= 4 is 63.6 Å². The summed E-state index contributed by atoms with van der Waals surface area (Å²) in [5.41, 5.74) is 1.43. The lowest BCUT2D eigenvalue weighted by atomic mass is 10.1. The van der Waals surface area contributed by atoms with Crippen LogP contribution in [0.25, 0.3) is 16.8 Å². The van der Waals surface area contributed by atoms with Crippen LogP contribution in [0, 0.1) is 0 Å². The number of nitrogens with zero attached hydrogens (tertiary/aromatic N) is 1. The molecule has 0 atom stereocenters. The molecule has 0 unspecified atom stereocenters. The number of fused-ring (bicyclic) bond motifs is 1. The molecule has 0 radical (unpaired) electrons. The first-order valence-corrected chi connectivity index (χ1v) is 12.8. The van der Waals surface area contributed by atoms with Gasteiger partial charge >= 0.3 is 6.03 Å². The molecule has 0 bridgehead atoms. The zero-order valence-electron chi connectivity index (χ0n) is 20.7. The molecule has 0 aromatic heterocycles. The number of imide groups is 2. The van der Waals surface area contributed by atoms with Gasteiger partial charge in [-0.05, 0) is 71.3 Å².